The topological polar surface area (TPSA) is 15.3 Å². The number of hydrogen-bond acceptors (Lipinski definition) is 2. The molecule has 0 amide bonds. The lowest BCUT2D eigenvalue weighted by Crippen LogP contribution is -2.50. The first-order valence-electron chi connectivity index (χ1n) is 5.32. The first kappa shape index (κ1) is 10.0. The van der Waals surface area contributed by atoms with Crippen molar-refractivity contribution < 1.29 is 0 Å². The molecule has 0 aliphatic carbocycles. The molecule has 0 aromatic rings. The molecule has 0 aromatic carbocycles. The van der Waals surface area contributed by atoms with Gasteiger partial charge in [-0.25, -0.2) is 0 Å². The summed E-state index contributed by atoms with van der Waals surface area (Å²) >= 11 is 0. The van der Waals surface area contributed by atoms with Crippen LogP contribution in [0.5, 0.6) is 0 Å². The second-order valence-electron chi connectivity index (χ2n) is 3.74. The summed E-state index contributed by atoms with van der Waals surface area (Å²) in [5.74, 6) is 0. The SMILES string of the molecule is CCCN(CCC)CC1CCN1. The highest BCUT2D eigenvalue weighted by Crippen LogP contribution is 2.05. The average Bonchev–Trinajstić information content (AvgIpc) is 1.97. The van der Waals surface area contributed by atoms with Crippen molar-refractivity contribution in [2.24, 2.45) is 0 Å². The summed E-state index contributed by atoms with van der Waals surface area (Å²) in [4.78, 5) is 2.58. The fourth-order valence-electron chi connectivity index (χ4n) is 1.74. The summed E-state index contributed by atoms with van der Waals surface area (Å²) in [5.41, 5.74) is 0. The third-order valence-electron chi connectivity index (χ3n) is 2.48. The van der Waals surface area contributed by atoms with Gasteiger partial charge in [0.05, 0.1) is 0 Å². The molecule has 1 saturated heterocycles. The number of rotatable bonds is 6. The van der Waals surface area contributed by atoms with E-state index in [0.717, 1.165) is 6.04 Å². The van der Waals surface area contributed by atoms with Crippen molar-refractivity contribution in [1.29, 1.82) is 0 Å². The van der Waals surface area contributed by atoms with Gasteiger partial charge < -0.3 is 10.2 Å². The van der Waals surface area contributed by atoms with E-state index in [-0.39, 0.29) is 0 Å². The highest BCUT2D eigenvalue weighted by atomic mass is 15.2. The highest BCUT2D eigenvalue weighted by molar-refractivity contribution is 4.80. The van der Waals surface area contributed by atoms with Crippen molar-refractivity contribution in [2.75, 3.05) is 26.2 Å². The van der Waals surface area contributed by atoms with Crippen molar-refractivity contribution in [3.8, 4) is 0 Å². The molecule has 0 spiro atoms. The zero-order valence-electron chi connectivity index (χ0n) is 8.47. The third-order valence-corrected chi connectivity index (χ3v) is 2.48. The molecule has 1 atom stereocenters. The first-order chi connectivity index (χ1) is 5.86. The van der Waals surface area contributed by atoms with Crippen molar-refractivity contribution in [3.05, 3.63) is 0 Å². The van der Waals surface area contributed by atoms with E-state index < -0.39 is 0 Å². The second-order valence-corrected chi connectivity index (χ2v) is 3.74. The molecule has 1 fully saturated rings. The molecule has 1 N–H and O–H groups in total. The molecule has 1 unspecified atom stereocenters. The fourth-order valence-corrected chi connectivity index (χ4v) is 1.74. The van der Waals surface area contributed by atoms with Crippen LogP contribution < -0.4 is 5.32 Å². The number of nitrogens with zero attached hydrogens (tertiary/aromatic N) is 1. The molecule has 1 rings (SSSR count). The van der Waals surface area contributed by atoms with Gasteiger partial charge in [-0.15, -0.1) is 0 Å². The number of nitrogens with one attached hydrogen (secondary N) is 1. The lowest BCUT2D eigenvalue weighted by molar-refractivity contribution is 0.208. The molecule has 0 aromatic heterocycles. The summed E-state index contributed by atoms with van der Waals surface area (Å²) in [5, 5.41) is 3.45. The highest BCUT2D eigenvalue weighted by Gasteiger charge is 2.18. The van der Waals surface area contributed by atoms with Crippen LogP contribution in [0.2, 0.25) is 0 Å². The monoisotopic (exact) mass is 170 g/mol. The van der Waals surface area contributed by atoms with Gasteiger partial charge in [0, 0.05) is 12.6 Å². The van der Waals surface area contributed by atoms with Crippen LogP contribution >= 0.6 is 0 Å². The van der Waals surface area contributed by atoms with Gasteiger partial charge in [-0.1, -0.05) is 13.8 Å². The Balaban J connectivity index is 2.11. The van der Waals surface area contributed by atoms with Gasteiger partial charge in [-0.2, -0.15) is 0 Å². The smallest absolute Gasteiger partial charge is 0.0207 e. The fraction of sp³-hybridized carbons (Fsp3) is 1.00. The van der Waals surface area contributed by atoms with Gasteiger partial charge in [0.25, 0.3) is 0 Å². The van der Waals surface area contributed by atoms with E-state index in [1.807, 2.05) is 0 Å². The van der Waals surface area contributed by atoms with Gasteiger partial charge in [0.1, 0.15) is 0 Å². The molecule has 0 bridgehead atoms. The Morgan fingerprint density at radius 3 is 2.17 bits per heavy atom. The molecule has 1 aliphatic heterocycles. The molecular weight excluding hydrogens is 148 g/mol. The maximum absolute atomic E-state index is 3.45. The van der Waals surface area contributed by atoms with E-state index in [1.165, 1.54) is 45.4 Å². The van der Waals surface area contributed by atoms with E-state index in [2.05, 4.69) is 24.1 Å². The largest absolute Gasteiger partial charge is 0.313 e. The van der Waals surface area contributed by atoms with Gasteiger partial charge >= 0.3 is 0 Å². The van der Waals surface area contributed by atoms with Crippen LogP contribution in [0.1, 0.15) is 33.1 Å². The predicted molar refractivity (Wildman–Crippen MR) is 53.4 cm³/mol. The lowest BCUT2D eigenvalue weighted by Gasteiger charge is -2.33. The quantitative estimate of drug-likeness (QED) is 0.649. The summed E-state index contributed by atoms with van der Waals surface area (Å²) in [6.45, 7) is 9.56. The second kappa shape index (κ2) is 5.55. The molecule has 2 heteroatoms. The minimum absolute atomic E-state index is 0.795. The number of hydrogen-bond donors (Lipinski definition) is 1. The summed E-state index contributed by atoms with van der Waals surface area (Å²) < 4.78 is 0. The van der Waals surface area contributed by atoms with Gasteiger partial charge in [0.2, 0.25) is 0 Å². The van der Waals surface area contributed by atoms with Crippen LogP contribution in [-0.2, 0) is 0 Å². The maximum atomic E-state index is 3.45. The zero-order valence-corrected chi connectivity index (χ0v) is 8.47. The van der Waals surface area contributed by atoms with Gasteiger partial charge in [-0.05, 0) is 38.9 Å². The van der Waals surface area contributed by atoms with E-state index in [4.69, 9.17) is 0 Å². The summed E-state index contributed by atoms with van der Waals surface area (Å²) in [7, 11) is 0. The van der Waals surface area contributed by atoms with Crippen molar-refractivity contribution in [3.63, 3.8) is 0 Å². The Morgan fingerprint density at radius 2 is 1.83 bits per heavy atom. The van der Waals surface area contributed by atoms with E-state index in [9.17, 15) is 0 Å². The minimum atomic E-state index is 0.795. The van der Waals surface area contributed by atoms with Crippen LogP contribution in [0.4, 0.5) is 0 Å². The molecular formula is C10H22N2. The van der Waals surface area contributed by atoms with E-state index in [1.54, 1.807) is 0 Å². The Hall–Kier alpha value is -0.0800. The van der Waals surface area contributed by atoms with E-state index >= 15 is 0 Å². The van der Waals surface area contributed by atoms with Crippen molar-refractivity contribution >= 4 is 0 Å². The maximum Gasteiger partial charge on any atom is 0.0207 e. The predicted octanol–water partition coefficient (Wildman–Crippen LogP) is 1.47. The van der Waals surface area contributed by atoms with E-state index in [0.29, 0.717) is 0 Å². The van der Waals surface area contributed by atoms with Crippen LogP contribution in [0.15, 0.2) is 0 Å². The molecule has 72 valence electrons. The Kier molecular flexibility index (Phi) is 4.62. The summed E-state index contributed by atoms with van der Waals surface area (Å²) in [6.07, 6.45) is 3.95. The summed E-state index contributed by atoms with van der Waals surface area (Å²) in [6, 6.07) is 0.795. The van der Waals surface area contributed by atoms with Gasteiger partial charge in [0.15, 0.2) is 0 Å². The zero-order chi connectivity index (χ0) is 8.81. The molecule has 1 aliphatic rings. The molecule has 12 heavy (non-hydrogen) atoms. The molecule has 2 nitrogen and oxygen atoms in total. The Morgan fingerprint density at radius 1 is 1.25 bits per heavy atom. The average molecular weight is 170 g/mol. The minimum Gasteiger partial charge on any atom is -0.313 e. The van der Waals surface area contributed by atoms with Crippen LogP contribution in [0.25, 0.3) is 0 Å². The van der Waals surface area contributed by atoms with Crippen LogP contribution in [0, 0.1) is 0 Å². The van der Waals surface area contributed by atoms with Crippen molar-refractivity contribution in [2.45, 2.75) is 39.2 Å². The molecule has 0 saturated carbocycles. The normalized spacial score (nSPS) is 22.8. The van der Waals surface area contributed by atoms with Crippen molar-refractivity contribution in [1.82, 2.24) is 10.2 Å². The standard InChI is InChI=1S/C10H22N2/c1-3-7-12(8-4-2)9-10-5-6-11-10/h10-11H,3-9H2,1-2H3. The van der Waals surface area contributed by atoms with Crippen LogP contribution in [0.3, 0.4) is 0 Å². The lowest BCUT2D eigenvalue weighted by atomic mass is 10.1. The molecule has 0 radical (unpaired) electrons. The van der Waals surface area contributed by atoms with Gasteiger partial charge in [-0.3, -0.25) is 0 Å². The molecule has 1 heterocycles. The Labute approximate surface area is 76.3 Å². The first-order valence-corrected chi connectivity index (χ1v) is 5.32. The van der Waals surface area contributed by atoms with Crippen LogP contribution in [-0.4, -0.2) is 37.1 Å². The Bertz CT molecular complexity index is 104. The third kappa shape index (κ3) is 3.11.